The lowest BCUT2D eigenvalue weighted by Crippen LogP contribution is -2.52. The van der Waals surface area contributed by atoms with Gasteiger partial charge in [0.1, 0.15) is 0 Å². The van der Waals surface area contributed by atoms with Crippen LogP contribution in [0.25, 0.3) is 0 Å². The predicted octanol–water partition coefficient (Wildman–Crippen LogP) is 4.92. The third kappa shape index (κ3) is 6.37. The van der Waals surface area contributed by atoms with E-state index in [2.05, 4.69) is 69.4 Å². The highest BCUT2D eigenvalue weighted by atomic mass is 79.9. The third-order valence-electron chi connectivity index (χ3n) is 7.68. The predicted molar refractivity (Wildman–Crippen MR) is 154 cm³/mol. The van der Waals surface area contributed by atoms with Crippen LogP contribution in [0.3, 0.4) is 0 Å². The van der Waals surface area contributed by atoms with Crippen molar-refractivity contribution in [1.29, 1.82) is 0 Å². The minimum atomic E-state index is -3.41. The third-order valence-corrected chi connectivity index (χ3v) is 10.1. The van der Waals surface area contributed by atoms with E-state index in [0.29, 0.717) is 39.0 Å². The molecule has 2 aliphatic heterocycles. The molecule has 0 atom stereocenters. The summed E-state index contributed by atoms with van der Waals surface area (Å²) >= 11 is 3.39. The zero-order valence-electron chi connectivity index (χ0n) is 21.5. The van der Waals surface area contributed by atoms with Crippen molar-refractivity contribution in [3.05, 3.63) is 106 Å². The molecule has 0 bridgehead atoms. The lowest BCUT2D eigenvalue weighted by molar-refractivity contribution is -0.138. The van der Waals surface area contributed by atoms with Crippen LogP contribution in [0, 0.1) is 5.92 Å². The summed E-state index contributed by atoms with van der Waals surface area (Å²) in [6.07, 6.45) is 1.16. The molecule has 0 aliphatic carbocycles. The van der Waals surface area contributed by atoms with Gasteiger partial charge in [-0.05, 0) is 41.7 Å². The Morgan fingerprint density at radius 2 is 1.29 bits per heavy atom. The monoisotopic (exact) mass is 595 g/mol. The molecule has 0 N–H and O–H groups in total. The second-order valence-corrected chi connectivity index (χ2v) is 13.0. The number of carbonyl (C=O) groups excluding carboxylic acids is 1. The lowest BCUT2D eigenvalue weighted by atomic mass is 9.95. The number of sulfonamides is 1. The summed E-state index contributed by atoms with van der Waals surface area (Å²) in [5.74, 6) is 0.0514. The van der Waals surface area contributed by atoms with Crippen LogP contribution in [0.1, 0.15) is 35.6 Å². The number of rotatable bonds is 7. The topological polar surface area (TPSA) is 60.9 Å². The number of hydrogen-bond acceptors (Lipinski definition) is 4. The average Bonchev–Trinajstić information content (AvgIpc) is 2.96. The van der Waals surface area contributed by atoms with Gasteiger partial charge in [-0.15, -0.1) is 0 Å². The molecule has 0 radical (unpaired) electrons. The fourth-order valence-electron chi connectivity index (χ4n) is 5.61. The van der Waals surface area contributed by atoms with Gasteiger partial charge < -0.3 is 4.90 Å². The Balaban J connectivity index is 1.16. The van der Waals surface area contributed by atoms with E-state index < -0.39 is 10.0 Å². The molecule has 1 amide bonds. The van der Waals surface area contributed by atoms with E-state index in [0.717, 1.165) is 23.1 Å². The van der Waals surface area contributed by atoms with Gasteiger partial charge in [0, 0.05) is 49.7 Å². The summed E-state index contributed by atoms with van der Waals surface area (Å²) in [5.41, 5.74) is 3.29. The molecule has 8 heteroatoms. The van der Waals surface area contributed by atoms with Crippen LogP contribution >= 0.6 is 15.9 Å². The molecule has 6 nitrogen and oxygen atoms in total. The molecular weight excluding hydrogens is 562 g/mol. The molecule has 2 fully saturated rings. The van der Waals surface area contributed by atoms with Gasteiger partial charge in [-0.3, -0.25) is 9.69 Å². The molecule has 200 valence electrons. The fraction of sp³-hybridized carbons (Fsp3) is 0.367. The van der Waals surface area contributed by atoms with E-state index in [1.54, 1.807) is 4.31 Å². The summed E-state index contributed by atoms with van der Waals surface area (Å²) < 4.78 is 28.4. The highest BCUT2D eigenvalue weighted by molar-refractivity contribution is 9.10. The van der Waals surface area contributed by atoms with Crippen LogP contribution in [-0.2, 0) is 20.6 Å². The summed E-state index contributed by atoms with van der Waals surface area (Å²) in [6.45, 7) is 3.80. The van der Waals surface area contributed by atoms with Gasteiger partial charge in [0.25, 0.3) is 0 Å². The first-order valence-electron chi connectivity index (χ1n) is 13.3. The first-order valence-corrected chi connectivity index (χ1v) is 15.7. The first kappa shape index (κ1) is 27.1. The highest BCUT2D eigenvalue weighted by Crippen LogP contribution is 2.30. The summed E-state index contributed by atoms with van der Waals surface area (Å²) in [7, 11) is -3.41. The molecule has 3 aromatic carbocycles. The standard InChI is InChI=1S/C30H34BrN3O3S/c31-28-13-11-24(12-14-28)23-38(36,37)34-17-15-27(16-18-34)30(35)33-21-19-32(20-22-33)29(25-7-3-1-4-8-25)26-9-5-2-6-10-26/h1-14,27,29H,15-23H2. The number of amides is 1. The Bertz CT molecular complexity index is 1260. The van der Waals surface area contributed by atoms with Crippen LogP contribution in [0.4, 0.5) is 0 Å². The fourth-order valence-corrected chi connectivity index (χ4v) is 7.43. The van der Waals surface area contributed by atoms with Crippen molar-refractivity contribution in [2.45, 2.75) is 24.6 Å². The molecule has 0 spiro atoms. The Morgan fingerprint density at radius 1 is 0.763 bits per heavy atom. The Kier molecular flexibility index (Phi) is 8.63. The maximum Gasteiger partial charge on any atom is 0.225 e. The van der Waals surface area contributed by atoms with Crippen molar-refractivity contribution in [2.24, 2.45) is 5.92 Å². The number of piperidine rings is 1. The van der Waals surface area contributed by atoms with Gasteiger partial charge in [-0.1, -0.05) is 88.7 Å². The number of benzene rings is 3. The summed E-state index contributed by atoms with van der Waals surface area (Å²) in [4.78, 5) is 17.8. The average molecular weight is 597 g/mol. The number of piperazine rings is 1. The van der Waals surface area contributed by atoms with Gasteiger partial charge in [-0.2, -0.15) is 0 Å². The van der Waals surface area contributed by atoms with Crippen LogP contribution in [0.2, 0.25) is 0 Å². The Hall–Kier alpha value is -2.52. The molecular formula is C30H34BrN3O3S. The van der Waals surface area contributed by atoms with Crippen molar-refractivity contribution in [2.75, 3.05) is 39.3 Å². The summed E-state index contributed by atoms with van der Waals surface area (Å²) in [6, 6.07) is 28.6. The zero-order chi connectivity index (χ0) is 26.5. The minimum Gasteiger partial charge on any atom is -0.340 e. The number of carbonyl (C=O) groups is 1. The lowest BCUT2D eigenvalue weighted by Gasteiger charge is -2.41. The Morgan fingerprint density at radius 3 is 1.82 bits per heavy atom. The van der Waals surface area contributed by atoms with Crippen molar-refractivity contribution in [3.63, 3.8) is 0 Å². The van der Waals surface area contributed by atoms with Crippen molar-refractivity contribution < 1.29 is 13.2 Å². The molecule has 38 heavy (non-hydrogen) atoms. The largest absolute Gasteiger partial charge is 0.340 e. The quantitative estimate of drug-likeness (QED) is 0.389. The number of hydrogen-bond donors (Lipinski definition) is 0. The van der Waals surface area contributed by atoms with Crippen LogP contribution in [0.15, 0.2) is 89.4 Å². The first-order chi connectivity index (χ1) is 18.4. The highest BCUT2D eigenvalue weighted by Gasteiger charge is 2.35. The van der Waals surface area contributed by atoms with Crippen LogP contribution in [0.5, 0.6) is 0 Å². The van der Waals surface area contributed by atoms with Gasteiger partial charge in [0.05, 0.1) is 11.8 Å². The van der Waals surface area contributed by atoms with Crippen molar-refractivity contribution in [1.82, 2.24) is 14.1 Å². The molecule has 0 aromatic heterocycles. The Labute approximate surface area is 234 Å². The van der Waals surface area contributed by atoms with Crippen molar-refractivity contribution >= 4 is 31.9 Å². The molecule has 2 aliphatic rings. The molecule has 0 saturated carbocycles. The molecule has 2 saturated heterocycles. The van der Waals surface area contributed by atoms with E-state index in [4.69, 9.17) is 0 Å². The van der Waals surface area contributed by atoms with Gasteiger partial charge >= 0.3 is 0 Å². The van der Waals surface area contributed by atoms with E-state index in [1.807, 2.05) is 41.3 Å². The maximum absolute atomic E-state index is 13.4. The van der Waals surface area contributed by atoms with Gasteiger partial charge in [-0.25, -0.2) is 12.7 Å². The van der Waals surface area contributed by atoms with E-state index in [9.17, 15) is 13.2 Å². The van der Waals surface area contributed by atoms with Gasteiger partial charge in [0.15, 0.2) is 0 Å². The maximum atomic E-state index is 13.4. The second kappa shape index (κ2) is 12.1. The normalized spacial score (nSPS) is 18.1. The molecule has 2 heterocycles. The van der Waals surface area contributed by atoms with Crippen LogP contribution < -0.4 is 0 Å². The van der Waals surface area contributed by atoms with E-state index in [-0.39, 0.29) is 23.6 Å². The van der Waals surface area contributed by atoms with E-state index >= 15 is 0 Å². The molecule has 3 aromatic rings. The SMILES string of the molecule is O=C(C1CCN(S(=O)(=O)Cc2ccc(Br)cc2)CC1)N1CCN(C(c2ccccc2)c2ccccc2)CC1. The summed E-state index contributed by atoms with van der Waals surface area (Å²) in [5, 5.41) is 0. The molecule has 0 unspecified atom stereocenters. The minimum absolute atomic E-state index is 0.00908. The van der Waals surface area contributed by atoms with E-state index in [1.165, 1.54) is 11.1 Å². The second-order valence-electron chi connectivity index (χ2n) is 10.1. The number of halogens is 1. The zero-order valence-corrected chi connectivity index (χ0v) is 23.9. The smallest absolute Gasteiger partial charge is 0.225 e. The molecule has 5 rings (SSSR count). The van der Waals surface area contributed by atoms with Crippen molar-refractivity contribution in [3.8, 4) is 0 Å². The van der Waals surface area contributed by atoms with Gasteiger partial charge in [0.2, 0.25) is 15.9 Å². The number of nitrogens with zero attached hydrogens (tertiary/aromatic N) is 3. The van der Waals surface area contributed by atoms with Crippen LogP contribution in [-0.4, -0.2) is 67.7 Å².